The van der Waals surface area contributed by atoms with Gasteiger partial charge in [0.25, 0.3) is 11.9 Å². The molecular formula is C12H22O5. The van der Waals surface area contributed by atoms with Gasteiger partial charge in [-0.25, -0.2) is 0 Å². The van der Waals surface area contributed by atoms with Gasteiger partial charge in [-0.1, -0.05) is 0 Å². The van der Waals surface area contributed by atoms with E-state index in [1.165, 1.54) is 0 Å². The van der Waals surface area contributed by atoms with Gasteiger partial charge in [-0.3, -0.25) is 4.74 Å². The third kappa shape index (κ3) is 2.98. The molecule has 2 unspecified atom stereocenters. The molecule has 0 aromatic rings. The van der Waals surface area contributed by atoms with Gasteiger partial charge in [0.05, 0.1) is 13.2 Å². The predicted molar refractivity (Wildman–Crippen MR) is 60.2 cm³/mol. The maximum atomic E-state index is 5.92. The van der Waals surface area contributed by atoms with Gasteiger partial charge in [0.15, 0.2) is 0 Å². The molecule has 0 aliphatic carbocycles. The Bertz CT molecular complexity index is 207. The smallest absolute Gasteiger partial charge is 0.286 e. The summed E-state index contributed by atoms with van der Waals surface area (Å²) in [5, 5.41) is 0. The van der Waals surface area contributed by atoms with Crippen LogP contribution >= 0.6 is 0 Å². The number of methoxy groups -OCH3 is 2. The van der Waals surface area contributed by atoms with E-state index in [-0.39, 0.29) is 0 Å². The van der Waals surface area contributed by atoms with Gasteiger partial charge in [-0.15, -0.1) is 0 Å². The maximum absolute atomic E-state index is 5.92. The van der Waals surface area contributed by atoms with Crippen LogP contribution in [0, 0.1) is 0 Å². The van der Waals surface area contributed by atoms with Crippen LogP contribution in [-0.2, 0) is 23.7 Å². The molecule has 2 fully saturated rings. The molecule has 0 radical (unpaired) electrons. The lowest BCUT2D eigenvalue weighted by atomic mass is 10.1. The fourth-order valence-corrected chi connectivity index (χ4v) is 2.29. The number of hydrogen-bond donors (Lipinski definition) is 0. The van der Waals surface area contributed by atoms with Gasteiger partial charge >= 0.3 is 0 Å². The van der Waals surface area contributed by atoms with Gasteiger partial charge in [0, 0.05) is 27.1 Å². The highest BCUT2D eigenvalue weighted by Gasteiger charge is 2.46. The molecule has 17 heavy (non-hydrogen) atoms. The average Bonchev–Trinajstić information content (AvgIpc) is 2.41. The summed E-state index contributed by atoms with van der Waals surface area (Å²) in [6.07, 6.45) is 5.53. The number of ether oxygens (including phenoxy) is 5. The van der Waals surface area contributed by atoms with Crippen molar-refractivity contribution in [3.63, 3.8) is 0 Å². The minimum absolute atomic E-state index is 0.646. The monoisotopic (exact) mass is 246 g/mol. The van der Waals surface area contributed by atoms with Crippen LogP contribution in [-0.4, -0.2) is 39.4 Å². The van der Waals surface area contributed by atoms with E-state index in [1.54, 1.807) is 14.2 Å². The van der Waals surface area contributed by atoms with E-state index < -0.39 is 11.9 Å². The highest BCUT2D eigenvalue weighted by Crippen LogP contribution is 2.36. The van der Waals surface area contributed by atoms with E-state index in [2.05, 4.69) is 0 Å². The van der Waals surface area contributed by atoms with Crippen LogP contribution in [0.3, 0.4) is 0 Å². The zero-order valence-corrected chi connectivity index (χ0v) is 10.7. The Morgan fingerprint density at radius 3 is 1.53 bits per heavy atom. The second kappa shape index (κ2) is 5.63. The molecule has 0 spiro atoms. The number of hydrogen-bond acceptors (Lipinski definition) is 5. The maximum Gasteiger partial charge on any atom is 0.286 e. The van der Waals surface area contributed by atoms with E-state index in [0.717, 1.165) is 25.7 Å². The molecule has 2 aliphatic rings. The van der Waals surface area contributed by atoms with Gasteiger partial charge in [0.1, 0.15) is 0 Å². The standard InChI is InChI=1S/C12H22O5/c1-13-11(7-3-5-9-15-11)17-12(14-2)8-4-6-10-16-12/h3-10H2,1-2H3. The van der Waals surface area contributed by atoms with E-state index in [9.17, 15) is 0 Å². The minimum atomic E-state index is -1.01. The summed E-state index contributed by atoms with van der Waals surface area (Å²) in [5.41, 5.74) is 0. The molecule has 100 valence electrons. The van der Waals surface area contributed by atoms with Crippen LogP contribution in [0.2, 0.25) is 0 Å². The number of rotatable bonds is 4. The van der Waals surface area contributed by atoms with Crippen LogP contribution in [0.25, 0.3) is 0 Å². The lowest BCUT2D eigenvalue weighted by molar-refractivity contribution is -0.507. The summed E-state index contributed by atoms with van der Waals surface area (Å²) in [7, 11) is 3.19. The van der Waals surface area contributed by atoms with Crippen molar-refractivity contribution in [3.8, 4) is 0 Å². The van der Waals surface area contributed by atoms with Crippen molar-refractivity contribution in [3.05, 3.63) is 0 Å². The van der Waals surface area contributed by atoms with Crippen molar-refractivity contribution in [2.45, 2.75) is 50.5 Å². The molecule has 0 aromatic carbocycles. The molecule has 2 aliphatic heterocycles. The van der Waals surface area contributed by atoms with Gasteiger partial charge in [-0.05, 0) is 25.7 Å². The molecule has 0 N–H and O–H groups in total. The SMILES string of the molecule is COC1(OC2(OC)CCCCO2)CCCCO1. The Balaban J connectivity index is 2.04. The minimum Gasteiger partial charge on any atom is -0.331 e. The van der Waals surface area contributed by atoms with Crippen molar-refractivity contribution < 1.29 is 23.7 Å². The highest BCUT2D eigenvalue weighted by molar-refractivity contribution is 4.70. The molecule has 0 saturated carbocycles. The molecule has 0 amide bonds. The predicted octanol–water partition coefficient (Wildman–Crippen LogP) is 2.00. The lowest BCUT2D eigenvalue weighted by Gasteiger charge is -2.43. The van der Waals surface area contributed by atoms with Gasteiger partial charge in [-0.2, -0.15) is 0 Å². The highest BCUT2D eigenvalue weighted by atomic mass is 17.0. The fourth-order valence-electron chi connectivity index (χ4n) is 2.29. The summed E-state index contributed by atoms with van der Waals surface area (Å²) < 4.78 is 28.0. The first-order chi connectivity index (χ1) is 8.24. The molecule has 5 nitrogen and oxygen atoms in total. The second-order valence-corrected chi connectivity index (χ2v) is 4.49. The zero-order chi connectivity index (χ0) is 12.2. The summed E-state index contributed by atoms with van der Waals surface area (Å²) in [4.78, 5) is 0. The summed E-state index contributed by atoms with van der Waals surface area (Å²) in [5.74, 6) is -2.02. The van der Waals surface area contributed by atoms with E-state index in [1.807, 2.05) is 0 Å². The van der Waals surface area contributed by atoms with E-state index in [4.69, 9.17) is 23.7 Å². The van der Waals surface area contributed by atoms with Crippen LogP contribution in [0.5, 0.6) is 0 Å². The topological polar surface area (TPSA) is 46.2 Å². The quantitative estimate of drug-likeness (QED) is 0.710. The average molecular weight is 246 g/mol. The lowest BCUT2D eigenvalue weighted by Crippen LogP contribution is -2.52. The van der Waals surface area contributed by atoms with Crippen molar-refractivity contribution in [1.29, 1.82) is 0 Å². The summed E-state index contributed by atoms with van der Waals surface area (Å²) in [6.45, 7) is 1.29. The first-order valence-electron chi connectivity index (χ1n) is 6.33. The molecule has 2 saturated heterocycles. The molecule has 2 rings (SSSR count). The Hall–Kier alpha value is -0.200. The molecule has 2 atom stereocenters. The Morgan fingerprint density at radius 2 is 1.24 bits per heavy atom. The molecule has 2 heterocycles. The molecule has 5 heteroatoms. The van der Waals surface area contributed by atoms with Gasteiger partial charge < -0.3 is 18.9 Å². The third-order valence-corrected chi connectivity index (χ3v) is 3.33. The molecule has 0 bridgehead atoms. The van der Waals surface area contributed by atoms with Crippen LogP contribution in [0.15, 0.2) is 0 Å². The van der Waals surface area contributed by atoms with E-state index >= 15 is 0 Å². The van der Waals surface area contributed by atoms with Crippen molar-refractivity contribution in [2.24, 2.45) is 0 Å². The molecule has 0 aromatic heterocycles. The Kier molecular flexibility index (Phi) is 4.38. The van der Waals surface area contributed by atoms with Crippen molar-refractivity contribution in [2.75, 3.05) is 27.4 Å². The van der Waals surface area contributed by atoms with Crippen LogP contribution < -0.4 is 0 Å². The van der Waals surface area contributed by atoms with E-state index in [0.29, 0.717) is 26.1 Å². The summed E-state index contributed by atoms with van der Waals surface area (Å²) in [6, 6.07) is 0. The van der Waals surface area contributed by atoms with Crippen LogP contribution in [0.4, 0.5) is 0 Å². The fraction of sp³-hybridized carbons (Fsp3) is 1.00. The second-order valence-electron chi connectivity index (χ2n) is 4.49. The third-order valence-electron chi connectivity index (χ3n) is 3.33. The normalized spacial score (nSPS) is 39.2. The Labute approximate surface area is 102 Å². The largest absolute Gasteiger partial charge is 0.331 e. The molecular weight excluding hydrogens is 224 g/mol. The first kappa shape index (κ1) is 13.2. The van der Waals surface area contributed by atoms with Gasteiger partial charge in [0.2, 0.25) is 0 Å². The Morgan fingerprint density at radius 1 is 0.765 bits per heavy atom. The zero-order valence-electron chi connectivity index (χ0n) is 10.7. The van der Waals surface area contributed by atoms with Crippen molar-refractivity contribution in [1.82, 2.24) is 0 Å². The summed E-state index contributed by atoms with van der Waals surface area (Å²) >= 11 is 0. The van der Waals surface area contributed by atoms with Crippen molar-refractivity contribution >= 4 is 0 Å². The first-order valence-corrected chi connectivity index (χ1v) is 6.33. The van der Waals surface area contributed by atoms with Crippen LogP contribution in [0.1, 0.15) is 38.5 Å².